The zero-order valence-corrected chi connectivity index (χ0v) is 26.7. The molecular formula is C44H26N6. The van der Waals surface area contributed by atoms with Crippen LogP contribution in [0.15, 0.2) is 168 Å². The number of hydrogen-bond donors (Lipinski definition) is 0. The van der Waals surface area contributed by atoms with Crippen molar-refractivity contribution in [3.63, 3.8) is 0 Å². The molecule has 0 saturated heterocycles. The van der Waals surface area contributed by atoms with Crippen molar-refractivity contribution in [2.75, 3.05) is 0 Å². The van der Waals surface area contributed by atoms with E-state index in [0.717, 1.165) is 76.8 Å². The Kier molecular flexibility index (Phi) is 5.57. The number of hydrogen-bond acceptors (Lipinski definition) is 4. The van der Waals surface area contributed by atoms with Crippen molar-refractivity contribution in [2.45, 2.75) is 0 Å². The third-order valence-electron chi connectivity index (χ3n) is 9.87. The summed E-state index contributed by atoms with van der Waals surface area (Å²) >= 11 is 0. The fourth-order valence-electron chi connectivity index (χ4n) is 7.66. The number of benzene rings is 6. The fourth-order valence-corrected chi connectivity index (χ4v) is 7.66. The summed E-state index contributed by atoms with van der Waals surface area (Å²) in [6.07, 6.45) is 0. The summed E-state index contributed by atoms with van der Waals surface area (Å²) in [5.74, 6) is 1.40. The summed E-state index contributed by atoms with van der Waals surface area (Å²) in [4.78, 5) is 22.0. The molecule has 5 heterocycles. The summed E-state index contributed by atoms with van der Waals surface area (Å²) < 4.78 is 4.48. The largest absolute Gasteiger partial charge is 0.292 e. The predicted molar refractivity (Wildman–Crippen MR) is 206 cm³/mol. The second-order valence-corrected chi connectivity index (χ2v) is 12.7. The molecule has 0 radical (unpaired) electrons. The predicted octanol–water partition coefficient (Wildman–Crippen LogP) is 10.6. The summed E-state index contributed by atoms with van der Waals surface area (Å²) in [7, 11) is 0. The summed E-state index contributed by atoms with van der Waals surface area (Å²) in [6, 6.07) is 54.7. The van der Waals surface area contributed by atoms with E-state index in [4.69, 9.17) is 20.0 Å². The van der Waals surface area contributed by atoms with Crippen LogP contribution in [0.25, 0.3) is 65.4 Å². The van der Waals surface area contributed by atoms with Crippen LogP contribution in [0.2, 0.25) is 0 Å². The first-order valence-electron chi connectivity index (χ1n) is 16.7. The third-order valence-corrected chi connectivity index (χ3v) is 9.87. The summed E-state index contributed by atoms with van der Waals surface area (Å²) in [6.45, 7) is 0. The molecule has 6 nitrogen and oxygen atoms in total. The number of rotatable bonds is 0. The van der Waals surface area contributed by atoms with Crippen molar-refractivity contribution in [3.8, 4) is 0 Å². The first kappa shape index (κ1) is 27.1. The highest BCUT2D eigenvalue weighted by Crippen LogP contribution is 2.38. The highest BCUT2D eigenvalue weighted by Gasteiger charge is 2.27. The molecule has 0 aliphatic carbocycles. The quantitative estimate of drug-likeness (QED) is 0.166. The fraction of sp³-hybridized carbons (Fsp3) is 0. The zero-order chi connectivity index (χ0) is 32.8. The van der Waals surface area contributed by atoms with Gasteiger partial charge in [0.05, 0.1) is 44.5 Å². The molecular weight excluding hydrogens is 613 g/mol. The molecule has 0 spiro atoms. The van der Waals surface area contributed by atoms with Gasteiger partial charge in [0.2, 0.25) is 0 Å². The standard InChI is InChI=1S/C44H26N6/c1-7-19-33-27(13-1)25-35-41(45-33)43(49-37-21-9-3-15-29(37)30-16-4-10-22-38(30)49)48-36-26-28-14-2-8-20-34(28)46-42(36)44(47-35)50-39-23-11-5-17-31(39)32-18-6-12-24-40(32)50/h1-26H. The van der Waals surface area contributed by atoms with E-state index in [-0.39, 0.29) is 0 Å². The first-order chi connectivity index (χ1) is 24.8. The lowest BCUT2D eigenvalue weighted by molar-refractivity contribution is 1.15. The monoisotopic (exact) mass is 638 g/mol. The highest BCUT2D eigenvalue weighted by molar-refractivity contribution is 6.23. The van der Waals surface area contributed by atoms with Crippen LogP contribution in [0.3, 0.4) is 0 Å². The van der Waals surface area contributed by atoms with Gasteiger partial charge >= 0.3 is 0 Å². The van der Waals surface area contributed by atoms with E-state index >= 15 is 0 Å². The topological polar surface area (TPSA) is 60.4 Å². The lowest BCUT2D eigenvalue weighted by atomic mass is 10.1. The van der Waals surface area contributed by atoms with E-state index in [2.05, 4.69) is 143 Å². The van der Waals surface area contributed by atoms with E-state index < -0.39 is 0 Å². The molecule has 10 aromatic rings. The Balaban J connectivity index is 1.34. The lowest BCUT2D eigenvalue weighted by Gasteiger charge is -2.20. The van der Waals surface area contributed by atoms with Crippen LogP contribution in [0.1, 0.15) is 11.4 Å². The van der Waals surface area contributed by atoms with Crippen molar-refractivity contribution >= 4 is 88.5 Å². The van der Waals surface area contributed by atoms with Crippen molar-refractivity contribution in [3.05, 3.63) is 169 Å². The van der Waals surface area contributed by atoms with Crippen molar-refractivity contribution in [1.82, 2.24) is 19.1 Å². The van der Waals surface area contributed by atoms with Crippen molar-refractivity contribution in [1.29, 1.82) is 0 Å². The van der Waals surface area contributed by atoms with Crippen LogP contribution in [0, 0.1) is 0 Å². The van der Waals surface area contributed by atoms with Gasteiger partial charge in [-0.15, -0.1) is 0 Å². The van der Waals surface area contributed by atoms with Crippen LogP contribution < -0.4 is 0 Å². The molecule has 1 aliphatic heterocycles. The maximum absolute atomic E-state index is 5.62. The van der Waals surface area contributed by atoms with Crippen molar-refractivity contribution < 1.29 is 0 Å². The Labute approximate surface area is 285 Å². The third kappa shape index (κ3) is 3.84. The minimum atomic E-state index is 0.700. The maximum Gasteiger partial charge on any atom is 0.166 e. The van der Waals surface area contributed by atoms with Crippen LogP contribution in [-0.4, -0.2) is 30.8 Å². The van der Waals surface area contributed by atoms with Gasteiger partial charge in [-0.2, -0.15) is 0 Å². The molecule has 1 aliphatic rings. The van der Waals surface area contributed by atoms with Crippen LogP contribution >= 0.6 is 0 Å². The molecule has 232 valence electrons. The molecule has 4 aromatic heterocycles. The van der Waals surface area contributed by atoms with Gasteiger partial charge in [-0.05, 0) is 48.5 Å². The molecule has 6 aromatic carbocycles. The first-order valence-corrected chi connectivity index (χ1v) is 16.7. The molecule has 0 unspecified atom stereocenters. The molecule has 0 fully saturated rings. The second-order valence-electron chi connectivity index (χ2n) is 12.7. The molecule has 6 heteroatoms. The number of pyridine rings is 2. The van der Waals surface area contributed by atoms with Crippen LogP contribution in [-0.2, 0) is 0 Å². The molecule has 50 heavy (non-hydrogen) atoms. The van der Waals surface area contributed by atoms with E-state index in [9.17, 15) is 0 Å². The SMILES string of the molecule is c1ccc2nc3c(cc2c1)N=C(n1c2ccccc2c2ccccc21)c1nc2ccccc2cc1N=C3n1c2ccccc2c2ccccc21. The number of aromatic nitrogens is 4. The lowest BCUT2D eigenvalue weighted by Crippen LogP contribution is -2.20. The average Bonchev–Trinajstić information content (AvgIpc) is 3.68. The Morgan fingerprint density at radius 1 is 0.340 bits per heavy atom. The van der Waals surface area contributed by atoms with Crippen LogP contribution in [0.5, 0.6) is 0 Å². The smallest absolute Gasteiger partial charge is 0.166 e. The van der Waals surface area contributed by atoms with E-state index in [0.29, 0.717) is 23.1 Å². The average molecular weight is 639 g/mol. The second kappa shape index (κ2) is 10.3. The Morgan fingerprint density at radius 2 is 0.660 bits per heavy atom. The van der Waals surface area contributed by atoms with Crippen LogP contribution in [0.4, 0.5) is 11.4 Å². The number of nitrogens with zero attached hydrogens (tertiary/aromatic N) is 6. The van der Waals surface area contributed by atoms with Crippen molar-refractivity contribution in [2.24, 2.45) is 9.98 Å². The van der Waals surface area contributed by atoms with Gasteiger partial charge in [-0.25, -0.2) is 20.0 Å². The minimum absolute atomic E-state index is 0.700. The van der Waals surface area contributed by atoms with Gasteiger partial charge in [-0.3, -0.25) is 9.13 Å². The number of para-hydroxylation sites is 6. The molecule has 0 amide bonds. The number of fused-ring (bicyclic) bond motifs is 10. The number of aliphatic imine (C=N–C) groups is 2. The van der Waals surface area contributed by atoms with Gasteiger partial charge in [0.1, 0.15) is 11.4 Å². The van der Waals surface area contributed by atoms with E-state index in [1.165, 1.54) is 0 Å². The van der Waals surface area contributed by atoms with Gasteiger partial charge in [-0.1, -0.05) is 109 Å². The van der Waals surface area contributed by atoms with Gasteiger partial charge in [0.15, 0.2) is 11.7 Å². The maximum atomic E-state index is 5.62. The van der Waals surface area contributed by atoms with E-state index in [1.54, 1.807) is 0 Å². The Bertz CT molecular complexity index is 2790. The molecule has 0 atom stereocenters. The van der Waals surface area contributed by atoms with Gasteiger partial charge < -0.3 is 0 Å². The molecule has 0 bridgehead atoms. The van der Waals surface area contributed by atoms with Gasteiger partial charge in [0, 0.05) is 32.3 Å². The minimum Gasteiger partial charge on any atom is -0.292 e. The summed E-state index contributed by atoms with van der Waals surface area (Å²) in [5.41, 5.74) is 8.82. The molecule has 0 N–H and O–H groups in total. The Hall–Kier alpha value is -6.92. The Morgan fingerprint density at radius 3 is 1.04 bits per heavy atom. The van der Waals surface area contributed by atoms with Gasteiger partial charge in [0.25, 0.3) is 0 Å². The summed E-state index contributed by atoms with van der Waals surface area (Å²) in [5, 5.41) is 6.63. The molecule has 0 saturated carbocycles. The highest BCUT2D eigenvalue weighted by atomic mass is 15.1. The zero-order valence-electron chi connectivity index (χ0n) is 26.7. The normalized spacial score (nSPS) is 13.0. The van der Waals surface area contributed by atoms with E-state index in [1.807, 2.05) is 24.3 Å². The molecule has 11 rings (SSSR count).